The Balaban J connectivity index is 2.12. The minimum absolute atomic E-state index is 0.229. The van der Waals surface area contributed by atoms with Crippen molar-refractivity contribution in [2.24, 2.45) is 11.7 Å². The Morgan fingerprint density at radius 1 is 0.889 bits per heavy atom. The zero-order chi connectivity index (χ0) is 12.8. The van der Waals surface area contributed by atoms with Crippen molar-refractivity contribution < 1.29 is 9.53 Å². The minimum atomic E-state index is -0.568. The van der Waals surface area contributed by atoms with Gasteiger partial charge >= 0.3 is 6.09 Å². The lowest BCUT2D eigenvalue weighted by molar-refractivity contribution is -0.0474. The summed E-state index contributed by atoms with van der Waals surface area (Å²) in [6.07, 6.45) is 14.1. The molecule has 1 amide bonds. The van der Waals surface area contributed by atoms with Crippen LogP contribution in [-0.2, 0) is 4.74 Å². The topological polar surface area (TPSA) is 52.3 Å². The summed E-state index contributed by atoms with van der Waals surface area (Å²) in [4.78, 5) is 11.3. The largest absolute Gasteiger partial charge is 0.443 e. The van der Waals surface area contributed by atoms with E-state index < -0.39 is 6.09 Å². The molecule has 2 aliphatic rings. The van der Waals surface area contributed by atoms with Crippen LogP contribution < -0.4 is 5.73 Å². The van der Waals surface area contributed by atoms with Crippen LogP contribution >= 0.6 is 0 Å². The van der Waals surface area contributed by atoms with Crippen molar-refractivity contribution in [3.63, 3.8) is 0 Å². The van der Waals surface area contributed by atoms with E-state index in [4.69, 9.17) is 10.5 Å². The smallest absolute Gasteiger partial charge is 0.405 e. The van der Waals surface area contributed by atoms with Gasteiger partial charge in [0.1, 0.15) is 5.60 Å². The number of hydrogen-bond acceptors (Lipinski definition) is 2. The molecule has 3 heteroatoms. The Bertz CT molecular complexity index is 262. The van der Waals surface area contributed by atoms with Crippen LogP contribution in [0.25, 0.3) is 0 Å². The molecule has 0 unspecified atom stereocenters. The Hall–Kier alpha value is -0.730. The summed E-state index contributed by atoms with van der Waals surface area (Å²) >= 11 is 0. The zero-order valence-corrected chi connectivity index (χ0v) is 11.5. The summed E-state index contributed by atoms with van der Waals surface area (Å²) in [7, 11) is 0. The van der Waals surface area contributed by atoms with Crippen LogP contribution in [-0.4, -0.2) is 11.7 Å². The van der Waals surface area contributed by atoms with E-state index in [0.717, 1.165) is 12.8 Å². The monoisotopic (exact) mass is 253 g/mol. The number of carbonyl (C=O) groups is 1. The second-order valence-electron chi connectivity index (χ2n) is 6.09. The van der Waals surface area contributed by atoms with Gasteiger partial charge in [-0.3, -0.25) is 0 Å². The molecule has 18 heavy (non-hydrogen) atoms. The predicted octanol–water partition coefficient (Wildman–Crippen LogP) is 4.15. The molecule has 3 nitrogen and oxygen atoms in total. The molecule has 2 rings (SSSR count). The number of rotatable bonds is 2. The highest BCUT2D eigenvalue weighted by molar-refractivity contribution is 5.65. The van der Waals surface area contributed by atoms with Gasteiger partial charge in [-0.25, -0.2) is 4.79 Å². The number of primary amides is 1. The summed E-state index contributed by atoms with van der Waals surface area (Å²) in [5.74, 6) is 0.547. The van der Waals surface area contributed by atoms with E-state index in [0.29, 0.717) is 5.92 Å². The summed E-state index contributed by atoms with van der Waals surface area (Å²) in [5, 5.41) is 0. The van der Waals surface area contributed by atoms with Crippen molar-refractivity contribution in [1.29, 1.82) is 0 Å². The van der Waals surface area contributed by atoms with Gasteiger partial charge in [0.25, 0.3) is 0 Å². The summed E-state index contributed by atoms with van der Waals surface area (Å²) in [6, 6.07) is 0. The Kier molecular flexibility index (Phi) is 4.90. The summed E-state index contributed by atoms with van der Waals surface area (Å²) in [6.45, 7) is 0. The van der Waals surface area contributed by atoms with Gasteiger partial charge in [0.05, 0.1) is 0 Å². The maximum absolute atomic E-state index is 11.3. The number of amides is 1. The zero-order valence-electron chi connectivity index (χ0n) is 11.5. The maximum Gasteiger partial charge on any atom is 0.405 e. The first kappa shape index (κ1) is 13.7. The molecule has 2 saturated carbocycles. The van der Waals surface area contributed by atoms with Gasteiger partial charge in [-0.2, -0.15) is 0 Å². The van der Waals surface area contributed by atoms with E-state index in [9.17, 15) is 4.79 Å². The van der Waals surface area contributed by atoms with Crippen molar-refractivity contribution in [2.45, 2.75) is 82.7 Å². The van der Waals surface area contributed by atoms with Crippen LogP contribution in [0.4, 0.5) is 4.79 Å². The van der Waals surface area contributed by atoms with E-state index in [1.54, 1.807) is 0 Å². The second kappa shape index (κ2) is 6.44. The first-order valence-corrected chi connectivity index (χ1v) is 7.71. The molecule has 0 aromatic heterocycles. The standard InChI is InChI=1S/C15H27NO2/c16-14(17)18-15(11-7-3-4-8-12-15)13-9-5-1-2-6-10-13/h13H,1-12H2,(H2,16,17). The van der Waals surface area contributed by atoms with Crippen molar-refractivity contribution in [3.8, 4) is 0 Å². The van der Waals surface area contributed by atoms with E-state index in [1.807, 2.05) is 0 Å². The van der Waals surface area contributed by atoms with E-state index in [1.165, 1.54) is 64.2 Å². The van der Waals surface area contributed by atoms with Gasteiger partial charge in [0.2, 0.25) is 0 Å². The van der Waals surface area contributed by atoms with E-state index in [2.05, 4.69) is 0 Å². The van der Waals surface area contributed by atoms with E-state index in [-0.39, 0.29) is 5.60 Å². The minimum Gasteiger partial charge on any atom is -0.443 e. The average molecular weight is 253 g/mol. The third kappa shape index (κ3) is 3.39. The molecule has 0 aromatic rings. The number of hydrogen-bond donors (Lipinski definition) is 1. The quantitative estimate of drug-likeness (QED) is 0.752. The maximum atomic E-state index is 11.3. The van der Waals surface area contributed by atoms with Crippen LogP contribution in [0.2, 0.25) is 0 Å². The molecule has 2 aliphatic carbocycles. The van der Waals surface area contributed by atoms with Crippen molar-refractivity contribution in [1.82, 2.24) is 0 Å². The fourth-order valence-corrected chi connectivity index (χ4v) is 3.93. The van der Waals surface area contributed by atoms with Crippen molar-refractivity contribution in [3.05, 3.63) is 0 Å². The molecule has 0 bridgehead atoms. The molecular formula is C15H27NO2. The summed E-state index contributed by atoms with van der Waals surface area (Å²) in [5.41, 5.74) is 5.11. The second-order valence-corrected chi connectivity index (χ2v) is 6.09. The lowest BCUT2D eigenvalue weighted by Gasteiger charge is -2.39. The molecule has 2 fully saturated rings. The molecule has 0 atom stereocenters. The number of ether oxygens (including phenoxy) is 1. The predicted molar refractivity (Wildman–Crippen MR) is 72.3 cm³/mol. The van der Waals surface area contributed by atoms with Crippen LogP contribution in [0.1, 0.15) is 77.0 Å². The van der Waals surface area contributed by atoms with Crippen LogP contribution in [0.15, 0.2) is 0 Å². The molecule has 0 aromatic carbocycles. The highest BCUT2D eigenvalue weighted by Crippen LogP contribution is 2.42. The van der Waals surface area contributed by atoms with Gasteiger partial charge in [0, 0.05) is 0 Å². The number of carbonyl (C=O) groups excluding carboxylic acids is 1. The van der Waals surface area contributed by atoms with E-state index >= 15 is 0 Å². The average Bonchev–Trinajstić information content (AvgIpc) is 2.70. The SMILES string of the molecule is NC(=O)OC1(C2CCCCCC2)CCCCCC1. The third-order valence-corrected chi connectivity index (χ3v) is 4.85. The lowest BCUT2D eigenvalue weighted by atomic mass is 9.77. The fraction of sp³-hybridized carbons (Fsp3) is 0.933. The molecule has 0 radical (unpaired) electrons. The Morgan fingerprint density at radius 2 is 1.39 bits per heavy atom. The normalized spacial score (nSPS) is 26.0. The number of nitrogens with two attached hydrogens (primary N) is 1. The van der Waals surface area contributed by atoms with Crippen LogP contribution in [0.3, 0.4) is 0 Å². The highest BCUT2D eigenvalue weighted by atomic mass is 16.6. The Labute approximate surface area is 110 Å². The molecule has 0 aliphatic heterocycles. The molecule has 0 saturated heterocycles. The molecular weight excluding hydrogens is 226 g/mol. The molecule has 0 spiro atoms. The first-order valence-electron chi connectivity index (χ1n) is 7.71. The van der Waals surface area contributed by atoms with Gasteiger partial charge in [-0.15, -0.1) is 0 Å². The van der Waals surface area contributed by atoms with Gasteiger partial charge < -0.3 is 10.5 Å². The van der Waals surface area contributed by atoms with Crippen LogP contribution in [0, 0.1) is 5.92 Å². The molecule has 2 N–H and O–H groups in total. The van der Waals surface area contributed by atoms with Crippen molar-refractivity contribution >= 4 is 6.09 Å². The highest BCUT2D eigenvalue weighted by Gasteiger charge is 2.41. The molecule has 0 heterocycles. The molecule has 104 valence electrons. The third-order valence-electron chi connectivity index (χ3n) is 4.85. The fourth-order valence-electron chi connectivity index (χ4n) is 3.93. The summed E-state index contributed by atoms with van der Waals surface area (Å²) < 4.78 is 5.69. The lowest BCUT2D eigenvalue weighted by Crippen LogP contribution is -2.43. The van der Waals surface area contributed by atoms with Crippen molar-refractivity contribution in [2.75, 3.05) is 0 Å². The van der Waals surface area contributed by atoms with Gasteiger partial charge in [-0.1, -0.05) is 38.5 Å². The Morgan fingerprint density at radius 3 is 1.89 bits per heavy atom. The van der Waals surface area contributed by atoms with Gasteiger partial charge in [0.15, 0.2) is 0 Å². The van der Waals surface area contributed by atoms with Gasteiger partial charge in [-0.05, 0) is 44.4 Å². The first-order chi connectivity index (χ1) is 8.73. The van der Waals surface area contributed by atoms with Crippen LogP contribution in [0.5, 0.6) is 0 Å².